The Morgan fingerprint density at radius 3 is 2.65 bits per heavy atom. The van der Waals surface area contributed by atoms with E-state index < -0.39 is 0 Å². The lowest BCUT2D eigenvalue weighted by atomic mass is 9.88. The van der Waals surface area contributed by atoms with Gasteiger partial charge in [-0.05, 0) is 49.8 Å². The van der Waals surface area contributed by atoms with Gasteiger partial charge in [0.05, 0.1) is 0 Å². The molecule has 1 N–H and O–H groups in total. The summed E-state index contributed by atoms with van der Waals surface area (Å²) in [5, 5.41) is 3.53. The first-order chi connectivity index (χ1) is 8.15. The van der Waals surface area contributed by atoms with Crippen LogP contribution in [0, 0.1) is 19.8 Å². The highest BCUT2D eigenvalue weighted by Crippen LogP contribution is 2.23. The van der Waals surface area contributed by atoms with E-state index >= 15 is 0 Å². The maximum absolute atomic E-state index is 11.2. The van der Waals surface area contributed by atoms with Crippen molar-refractivity contribution in [2.45, 2.75) is 39.5 Å². The van der Waals surface area contributed by atoms with Crippen LogP contribution >= 0.6 is 0 Å². The second-order valence-corrected chi connectivity index (χ2v) is 5.18. The van der Waals surface area contributed by atoms with Gasteiger partial charge >= 0.3 is 0 Å². The number of anilines is 1. The molecular weight excluding hydrogens is 210 g/mol. The van der Waals surface area contributed by atoms with Crippen molar-refractivity contribution >= 4 is 11.5 Å². The Hall–Kier alpha value is -1.31. The average Bonchev–Trinajstić information content (AvgIpc) is 2.32. The summed E-state index contributed by atoms with van der Waals surface area (Å²) in [5.74, 6) is 1.10. The minimum absolute atomic E-state index is 0.438. The number of nitrogens with one attached hydrogen (secondary N) is 1. The molecule has 1 aliphatic rings. The van der Waals surface area contributed by atoms with Gasteiger partial charge in [-0.25, -0.2) is 0 Å². The smallest absolute Gasteiger partial charge is 0.132 e. The summed E-state index contributed by atoms with van der Waals surface area (Å²) in [6.07, 6.45) is 3.66. The van der Waals surface area contributed by atoms with Gasteiger partial charge in [0.25, 0.3) is 0 Å². The number of rotatable bonds is 3. The summed E-state index contributed by atoms with van der Waals surface area (Å²) in [7, 11) is 0. The van der Waals surface area contributed by atoms with Crippen LogP contribution < -0.4 is 5.32 Å². The minimum atomic E-state index is 0.438. The second kappa shape index (κ2) is 5.35. The number of benzene rings is 1. The molecule has 0 aromatic heterocycles. The van der Waals surface area contributed by atoms with E-state index in [4.69, 9.17) is 0 Å². The SMILES string of the molecule is Cc1ccc(C)c(NCC2CCC(=O)CC2)c1. The van der Waals surface area contributed by atoms with Gasteiger partial charge in [-0.15, -0.1) is 0 Å². The first kappa shape index (κ1) is 12.2. The van der Waals surface area contributed by atoms with Crippen LogP contribution in [0.4, 0.5) is 5.69 Å². The van der Waals surface area contributed by atoms with Gasteiger partial charge in [-0.1, -0.05) is 12.1 Å². The van der Waals surface area contributed by atoms with E-state index in [9.17, 15) is 4.79 Å². The molecular formula is C15H21NO. The zero-order valence-corrected chi connectivity index (χ0v) is 10.8. The summed E-state index contributed by atoms with van der Waals surface area (Å²) in [6, 6.07) is 6.49. The van der Waals surface area contributed by atoms with Crippen LogP contribution in [-0.4, -0.2) is 12.3 Å². The summed E-state index contributed by atoms with van der Waals surface area (Å²) >= 11 is 0. The Kier molecular flexibility index (Phi) is 3.82. The molecule has 1 saturated carbocycles. The Morgan fingerprint density at radius 1 is 1.24 bits per heavy atom. The van der Waals surface area contributed by atoms with E-state index in [1.165, 1.54) is 16.8 Å². The van der Waals surface area contributed by atoms with Crippen molar-refractivity contribution in [3.63, 3.8) is 0 Å². The highest BCUT2D eigenvalue weighted by atomic mass is 16.1. The van der Waals surface area contributed by atoms with Crippen molar-refractivity contribution < 1.29 is 4.79 Å². The van der Waals surface area contributed by atoms with Gasteiger partial charge in [0.1, 0.15) is 5.78 Å². The highest BCUT2D eigenvalue weighted by Gasteiger charge is 2.18. The molecule has 2 rings (SSSR count). The maximum Gasteiger partial charge on any atom is 0.132 e. The molecule has 0 unspecified atom stereocenters. The number of carbonyl (C=O) groups excluding carboxylic acids is 1. The monoisotopic (exact) mass is 231 g/mol. The van der Waals surface area contributed by atoms with Crippen molar-refractivity contribution in [2.24, 2.45) is 5.92 Å². The fourth-order valence-electron chi connectivity index (χ4n) is 2.38. The molecule has 17 heavy (non-hydrogen) atoms. The van der Waals surface area contributed by atoms with Crippen LogP contribution in [0.25, 0.3) is 0 Å². The van der Waals surface area contributed by atoms with E-state index in [1.54, 1.807) is 0 Å². The van der Waals surface area contributed by atoms with Gasteiger partial charge in [0.2, 0.25) is 0 Å². The number of hydrogen-bond donors (Lipinski definition) is 1. The largest absolute Gasteiger partial charge is 0.385 e. The second-order valence-electron chi connectivity index (χ2n) is 5.18. The molecule has 2 heteroatoms. The molecule has 0 amide bonds. The summed E-state index contributed by atoms with van der Waals surface area (Å²) in [4.78, 5) is 11.2. The molecule has 1 aliphatic carbocycles. The Labute approximate surface area is 103 Å². The Bertz CT molecular complexity index is 401. The number of carbonyl (C=O) groups is 1. The first-order valence-corrected chi connectivity index (χ1v) is 6.48. The Morgan fingerprint density at radius 2 is 1.94 bits per heavy atom. The molecule has 2 nitrogen and oxygen atoms in total. The van der Waals surface area contributed by atoms with Crippen LogP contribution in [0.1, 0.15) is 36.8 Å². The molecule has 0 aliphatic heterocycles. The lowest BCUT2D eigenvalue weighted by Gasteiger charge is -2.22. The zero-order valence-electron chi connectivity index (χ0n) is 10.8. The predicted molar refractivity (Wildman–Crippen MR) is 71.4 cm³/mol. The third kappa shape index (κ3) is 3.32. The lowest BCUT2D eigenvalue weighted by Crippen LogP contribution is -2.21. The van der Waals surface area contributed by atoms with Gasteiger partial charge in [-0.3, -0.25) is 4.79 Å². The van der Waals surface area contributed by atoms with Crippen molar-refractivity contribution in [1.29, 1.82) is 0 Å². The summed E-state index contributed by atoms with van der Waals surface area (Å²) in [6.45, 7) is 5.24. The maximum atomic E-state index is 11.2. The van der Waals surface area contributed by atoms with Crippen LogP contribution in [0.5, 0.6) is 0 Å². The molecule has 1 aromatic carbocycles. The quantitative estimate of drug-likeness (QED) is 0.863. The molecule has 0 spiro atoms. The van der Waals surface area contributed by atoms with E-state index in [-0.39, 0.29) is 0 Å². The molecule has 1 fully saturated rings. The lowest BCUT2D eigenvalue weighted by molar-refractivity contribution is -0.120. The van der Waals surface area contributed by atoms with E-state index in [0.29, 0.717) is 11.7 Å². The minimum Gasteiger partial charge on any atom is -0.385 e. The Balaban J connectivity index is 1.89. The molecule has 0 heterocycles. The van der Waals surface area contributed by atoms with Crippen LogP contribution in [0.2, 0.25) is 0 Å². The van der Waals surface area contributed by atoms with E-state index in [2.05, 4.69) is 37.4 Å². The molecule has 92 valence electrons. The highest BCUT2D eigenvalue weighted by molar-refractivity contribution is 5.79. The van der Waals surface area contributed by atoms with Crippen molar-refractivity contribution in [3.8, 4) is 0 Å². The standard InChI is InChI=1S/C15H21NO/c1-11-3-4-12(2)15(9-11)16-10-13-5-7-14(17)8-6-13/h3-4,9,13,16H,5-8,10H2,1-2H3. The molecule has 0 bridgehead atoms. The summed E-state index contributed by atoms with van der Waals surface area (Å²) in [5.41, 5.74) is 3.82. The molecule has 0 atom stereocenters. The molecule has 1 aromatic rings. The average molecular weight is 231 g/mol. The first-order valence-electron chi connectivity index (χ1n) is 6.48. The normalized spacial score (nSPS) is 17.2. The third-order valence-corrected chi connectivity index (χ3v) is 3.64. The van der Waals surface area contributed by atoms with Gasteiger partial charge in [-0.2, -0.15) is 0 Å². The number of hydrogen-bond acceptors (Lipinski definition) is 2. The number of ketones is 1. The molecule has 0 saturated heterocycles. The number of Topliss-reactive ketones (excluding diaryl/α,β-unsaturated/α-hetero) is 1. The van der Waals surface area contributed by atoms with Crippen molar-refractivity contribution in [1.82, 2.24) is 0 Å². The van der Waals surface area contributed by atoms with E-state index in [0.717, 1.165) is 32.2 Å². The van der Waals surface area contributed by atoms with Gasteiger partial charge < -0.3 is 5.32 Å². The van der Waals surface area contributed by atoms with Crippen LogP contribution in [0.3, 0.4) is 0 Å². The van der Waals surface area contributed by atoms with Crippen LogP contribution in [0.15, 0.2) is 18.2 Å². The number of aryl methyl sites for hydroxylation is 2. The fraction of sp³-hybridized carbons (Fsp3) is 0.533. The topological polar surface area (TPSA) is 29.1 Å². The van der Waals surface area contributed by atoms with E-state index in [1.807, 2.05) is 0 Å². The van der Waals surface area contributed by atoms with Gasteiger partial charge in [0, 0.05) is 25.1 Å². The van der Waals surface area contributed by atoms with Crippen molar-refractivity contribution in [3.05, 3.63) is 29.3 Å². The predicted octanol–water partition coefficient (Wildman–Crippen LogP) is 3.47. The zero-order chi connectivity index (χ0) is 12.3. The molecule has 0 radical (unpaired) electrons. The summed E-state index contributed by atoms with van der Waals surface area (Å²) < 4.78 is 0. The van der Waals surface area contributed by atoms with Crippen molar-refractivity contribution in [2.75, 3.05) is 11.9 Å². The fourth-order valence-corrected chi connectivity index (χ4v) is 2.38. The van der Waals surface area contributed by atoms with Gasteiger partial charge in [0.15, 0.2) is 0 Å². The third-order valence-electron chi connectivity index (χ3n) is 3.64. The van der Waals surface area contributed by atoms with Crippen LogP contribution in [-0.2, 0) is 4.79 Å².